The number of anilines is 2. The number of nitrogens with two attached hydrogens (primary N) is 2. The number of unbranched alkanes of at least 4 members (excludes halogenated alkanes) is 2. The number of ether oxygens (including phenoxy) is 2. The number of sulfonamides is 1. The Kier molecular flexibility index (Phi) is 18.7. The molecule has 0 saturated heterocycles. The smallest absolute Gasteiger partial charge is 0.289 e. The van der Waals surface area contributed by atoms with Crippen LogP contribution in [0.3, 0.4) is 0 Å². The molecule has 292 valence electrons. The number of nitrogens with zero attached hydrogens (tertiary/aromatic N) is 6. The van der Waals surface area contributed by atoms with Gasteiger partial charge in [0.25, 0.3) is 11.4 Å². The number of benzene rings is 2. The summed E-state index contributed by atoms with van der Waals surface area (Å²) in [5.41, 5.74) is -0.453. The summed E-state index contributed by atoms with van der Waals surface area (Å²) in [4.78, 5) is 40.4. The fourth-order valence-corrected chi connectivity index (χ4v) is 6.03. The van der Waals surface area contributed by atoms with E-state index in [4.69, 9.17) is 43.7 Å². The van der Waals surface area contributed by atoms with Gasteiger partial charge in [-0.15, -0.1) is 9.32 Å². The first-order valence-electron chi connectivity index (χ1n) is 15.1. The van der Waals surface area contributed by atoms with Crippen molar-refractivity contribution in [2.45, 2.75) is 35.5 Å². The summed E-state index contributed by atoms with van der Waals surface area (Å²) in [5, 5.41) is 33.6. The van der Waals surface area contributed by atoms with Crippen LogP contribution in [0.25, 0.3) is 0 Å². The average molecular weight is 961 g/mol. The minimum atomic E-state index is -4.06. The van der Waals surface area contributed by atoms with Crippen molar-refractivity contribution < 1.29 is 37.1 Å². The minimum absolute atomic E-state index is 0.116. The molecule has 0 spiro atoms. The van der Waals surface area contributed by atoms with Crippen molar-refractivity contribution in [1.29, 1.82) is 0 Å². The number of hydrogen-bond acceptors (Lipinski definition) is 18. The van der Waals surface area contributed by atoms with E-state index < -0.39 is 19.9 Å². The average Bonchev–Trinajstić information content (AvgIpc) is 3.12. The van der Waals surface area contributed by atoms with Crippen LogP contribution in [0, 0.1) is 20.2 Å². The van der Waals surface area contributed by atoms with Crippen molar-refractivity contribution in [3.63, 3.8) is 0 Å². The summed E-state index contributed by atoms with van der Waals surface area (Å²) in [6, 6.07) is 7.57. The molecule has 6 N–H and O–H groups in total. The second kappa shape index (κ2) is 22.6. The first-order valence-corrected chi connectivity index (χ1v) is 19.7. The molecule has 20 nitrogen and oxygen atoms in total. The van der Waals surface area contributed by atoms with Gasteiger partial charge < -0.3 is 20.1 Å². The normalized spacial score (nSPS) is 10.9. The van der Waals surface area contributed by atoms with Crippen LogP contribution in [0.2, 0.25) is 10.6 Å². The summed E-state index contributed by atoms with van der Waals surface area (Å²) < 4.78 is 39.9. The number of hydrogen-bond donors (Lipinski definition) is 4. The molecule has 0 fully saturated rings. The zero-order valence-corrected chi connectivity index (χ0v) is 33.8. The van der Waals surface area contributed by atoms with Gasteiger partial charge >= 0.3 is 0 Å². The highest BCUT2D eigenvalue weighted by Gasteiger charge is 2.20. The van der Waals surface area contributed by atoms with E-state index in [0.717, 1.165) is 35.5 Å². The van der Waals surface area contributed by atoms with E-state index >= 15 is 0 Å². The third kappa shape index (κ3) is 15.2. The summed E-state index contributed by atoms with van der Waals surface area (Å²) in [6.07, 6.45) is 5.84. The molecule has 2 aromatic heterocycles. The largest absolute Gasteiger partial charge is 0.493 e. The van der Waals surface area contributed by atoms with Crippen molar-refractivity contribution in [3.8, 4) is 11.5 Å². The molecule has 2 heterocycles. The molecule has 4 aromatic rings. The van der Waals surface area contributed by atoms with Crippen molar-refractivity contribution in [2.24, 2.45) is 11.0 Å². The molecule has 0 atom stereocenters. The van der Waals surface area contributed by atoms with Crippen LogP contribution in [-0.4, -0.2) is 64.5 Å². The topological polar surface area (TPSA) is 285 Å². The molecule has 4 rings (SSSR count). The Labute approximate surface area is 338 Å². The number of nitrogens with one attached hydrogen (secondary N) is 2. The third-order valence-electron chi connectivity index (χ3n) is 6.42. The monoisotopic (exact) mass is 958 g/mol. The van der Waals surface area contributed by atoms with Crippen molar-refractivity contribution in [2.75, 3.05) is 36.9 Å². The quantitative estimate of drug-likeness (QED) is 0.0181. The Balaban J connectivity index is 0.000000290. The molecule has 0 radical (unpaired) electrons. The first-order chi connectivity index (χ1) is 25.7. The number of rotatable bonds is 20. The lowest BCUT2D eigenvalue weighted by molar-refractivity contribution is -0.388. The molecular weight excluding hydrogens is 931 g/mol. The van der Waals surface area contributed by atoms with Crippen LogP contribution in [-0.2, 0) is 19.3 Å². The van der Waals surface area contributed by atoms with Crippen LogP contribution in [0.5, 0.6) is 11.5 Å². The SMILES string of the molecule is NOOSc1ccc(OCCCCNc2nc(Cl)ncc2Br)cc1[N+](=O)[O-].NS(=O)(=O)c1ccc([N+](=O)[O-])cc1OCCCCNc1nc(Cl)ncc1Br. The highest BCUT2D eigenvalue weighted by atomic mass is 79.9. The van der Waals surface area contributed by atoms with E-state index in [1.54, 1.807) is 12.3 Å². The van der Waals surface area contributed by atoms with Crippen molar-refractivity contribution >= 4 is 100 Å². The zero-order valence-electron chi connectivity index (χ0n) is 27.5. The number of aromatic nitrogens is 4. The predicted octanol–water partition coefficient (Wildman–Crippen LogP) is 6.62. The van der Waals surface area contributed by atoms with Crippen LogP contribution < -0.4 is 31.1 Å². The molecule has 0 saturated carbocycles. The second-order valence-corrected chi connectivity index (χ2v) is 14.9. The molecular formula is C28H30Br2Cl2N10O10S2. The second-order valence-electron chi connectivity index (χ2n) is 10.2. The minimum Gasteiger partial charge on any atom is -0.493 e. The summed E-state index contributed by atoms with van der Waals surface area (Å²) in [7, 11) is -4.06. The van der Waals surface area contributed by atoms with Gasteiger partial charge in [0, 0.05) is 31.5 Å². The van der Waals surface area contributed by atoms with Crippen LogP contribution in [0.1, 0.15) is 25.7 Å². The molecule has 0 bridgehead atoms. The van der Waals surface area contributed by atoms with Crippen molar-refractivity contribution in [3.05, 3.63) is 88.5 Å². The molecule has 0 aliphatic rings. The third-order valence-corrected chi connectivity index (χ3v) is 9.56. The number of halogens is 4. The van der Waals surface area contributed by atoms with Gasteiger partial charge in [-0.2, -0.15) is 15.9 Å². The Morgan fingerprint density at radius 1 is 0.833 bits per heavy atom. The van der Waals surface area contributed by atoms with Gasteiger partial charge in [0.05, 0.1) is 56.2 Å². The van der Waals surface area contributed by atoms with Crippen LogP contribution in [0.4, 0.5) is 23.0 Å². The predicted molar refractivity (Wildman–Crippen MR) is 206 cm³/mol. The number of nitro groups is 2. The first kappa shape index (κ1) is 44.7. The molecule has 0 unspecified atom stereocenters. The fourth-order valence-electron chi connectivity index (χ4n) is 3.99. The highest BCUT2D eigenvalue weighted by molar-refractivity contribution is 9.11. The molecule has 0 aliphatic carbocycles. The van der Waals surface area contributed by atoms with E-state index in [1.165, 1.54) is 18.3 Å². The lowest BCUT2D eigenvalue weighted by Gasteiger charge is -2.11. The Morgan fingerprint density at radius 2 is 1.41 bits per heavy atom. The Bertz CT molecular complexity index is 2010. The molecule has 54 heavy (non-hydrogen) atoms. The Hall–Kier alpha value is -3.72. The van der Waals surface area contributed by atoms with Gasteiger partial charge in [-0.3, -0.25) is 20.2 Å². The van der Waals surface area contributed by atoms with E-state index in [-0.39, 0.29) is 44.1 Å². The number of non-ortho nitro benzene ring substituents is 1. The van der Waals surface area contributed by atoms with Gasteiger partial charge in [-0.25, -0.2) is 23.5 Å². The summed E-state index contributed by atoms with van der Waals surface area (Å²) in [5.74, 6) is 6.13. The van der Waals surface area contributed by atoms with Gasteiger partial charge in [0.2, 0.25) is 20.6 Å². The zero-order chi connectivity index (χ0) is 39.7. The lowest BCUT2D eigenvalue weighted by Crippen LogP contribution is -2.14. The van der Waals surface area contributed by atoms with Gasteiger partial charge in [0.1, 0.15) is 32.9 Å². The maximum Gasteiger partial charge on any atom is 0.289 e. The maximum absolute atomic E-state index is 11.6. The molecule has 26 heteroatoms. The van der Waals surface area contributed by atoms with Gasteiger partial charge in [-0.05, 0) is 98.9 Å². The van der Waals surface area contributed by atoms with Crippen LogP contribution in [0.15, 0.2) is 67.5 Å². The fraction of sp³-hybridized carbons (Fsp3) is 0.286. The summed E-state index contributed by atoms with van der Waals surface area (Å²) in [6.45, 7) is 1.75. The molecule has 0 amide bonds. The Morgan fingerprint density at radius 3 is 1.93 bits per heavy atom. The number of nitro benzene ring substituents is 2. The van der Waals surface area contributed by atoms with Crippen LogP contribution >= 0.6 is 67.1 Å². The van der Waals surface area contributed by atoms with E-state index in [1.807, 2.05) is 0 Å². The van der Waals surface area contributed by atoms with E-state index in [0.29, 0.717) is 66.4 Å². The van der Waals surface area contributed by atoms with E-state index in [9.17, 15) is 28.6 Å². The molecule has 0 aliphatic heterocycles. The lowest BCUT2D eigenvalue weighted by atomic mass is 10.3. The van der Waals surface area contributed by atoms with Gasteiger partial charge in [-0.1, -0.05) is 0 Å². The highest BCUT2D eigenvalue weighted by Crippen LogP contribution is 2.33. The van der Waals surface area contributed by atoms with Crippen molar-refractivity contribution in [1.82, 2.24) is 19.9 Å². The maximum atomic E-state index is 11.6. The summed E-state index contributed by atoms with van der Waals surface area (Å²) >= 11 is 18.7. The standard InChI is InChI=1S/2C14H15BrClN5O5S/c15-10-8-19-14(16)20-13(10)18-5-1-2-6-24-9-3-4-12(27-26-25-17)11(7-9)21(22)23;15-10-8-19-14(16)20-13(10)18-5-1-2-6-26-11-7-9(21(22)23)3-4-12(11)27(17,24)25/h3-4,7-8H,1-2,5-6,17H2,(H,18,19,20);3-4,7-8H,1-2,5-6H2,(H2,17,24,25)(H,18,19,20). The van der Waals surface area contributed by atoms with E-state index in [2.05, 4.69) is 71.8 Å². The molecule has 2 aromatic carbocycles. The number of primary sulfonamides is 1. The van der Waals surface area contributed by atoms with Gasteiger partial charge in [0.15, 0.2) is 0 Å².